The highest BCUT2D eigenvalue weighted by Crippen LogP contribution is 2.27. The molecule has 1 aromatic carbocycles. The van der Waals surface area contributed by atoms with Crippen LogP contribution in [0.4, 0.5) is 0 Å². The smallest absolute Gasteiger partial charge is 0.142 e. The number of carboxylic acid groups (broad SMARTS) is 1. The van der Waals surface area contributed by atoms with Crippen LogP contribution in [0.2, 0.25) is 0 Å². The predicted octanol–water partition coefficient (Wildman–Crippen LogP) is 1.47. The van der Waals surface area contributed by atoms with Crippen molar-refractivity contribution in [3.05, 3.63) is 47.3 Å². The second kappa shape index (κ2) is 4.56. The van der Waals surface area contributed by atoms with Crippen molar-refractivity contribution in [2.24, 2.45) is 0 Å². The average Bonchev–Trinajstić information content (AvgIpc) is 2.65. The number of ether oxygens (including phenoxy) is 1. The molecule has 0 N–H and O–H groups in total. The summed E-state index contributed by atoms with van der Waals surface area (Å²) in [6, 6.07) is 9.09. The average molecular weight is 244 g/mol. The molecule has 0 fully saturated rings. The summed E-state index contributed by atoms with van der Waals surface area (Å²) in [5, 5.41) is 11.0. The van der Waals surface area contributed by atoms with Crippen LogP contribution >= 0.6 is 0 Å². The van der Waals surface area contributed by atoms with Crippen LogP contribution in [0.3, 0.4) is 0 Å². The molecule has 0 aliphatic heterocycles. The summed E-state index contributed by atoms with van der Waals surface area (Å²) in [4.78, 5) is 11.0. The molecule has 0 aliphatic carbocycles. The van der Waals surface area contributed by atoms with Crippen molar-refractivity contribution < 1.29 is 14.6 Å². The number of benzene rings is 1. The Bertz CT molecular complexity index is 599. The molecule has 0 radical (unpaired) electrons. The lowest BCUT2D eigenvalue weighted by Crippen LogP contribution is -2.22. The summed E-state index contributed by atoms with van der Waals surface area (Å²) in [5.74, 6) is -0.464. The van der Waals surface area contributed by atoms with E-state index in [0.717, 1.165) is 11.4 Å². The van der Waals surface area contributed by atoms with Crippen LogP contribution < -0.4 is 9.84 Å². The fraction of sp³-hybridized carbons (Fsp3) is 0.214. The van der Waals surface area contributed by atoms with Gasteiger partial charge in [0.25, 0.3) is 0 Å². The topological polar surface area (TPSA) is 54.3 Å². The number of aromatic carboxylic acids is 1. The predicted molar refractivity (Wildman–Crippen MR) is 66.1 cm³/mol. The standard InChI is InChI=1S/C14H15NO3/c1-9-8-11(14(16)17)10(2)15(9)12-6-4-5-7-13(12)18-3/h4-8H,1-3H3,(H,16,17)/p-1. The Hall–Kier alpha value is -2.23. The Labute approximate surface area is 105 Å². The molecule has 0 amide bonds. The fourth-order valence-electron chi connectivity index (χ4n) is 2.15. The lowest BCUT2D eigenvalue weighted by Gasteiger charge is -2.14. The first-order valence-corrected chi connectivity index (χ1v) is 5.60. The van der Waals surface area contributed by atoms with Gasteiger partial charge in [-0.05, 0) is 32.0 Å². The summed E-state index contributed by atoms with van der Waals surface area (Å²) >= 11 is 0. The van der Waals surface area contributed by atoms with Gasteiger partial charge in [-0.2, -0.15) is 0 Å². The molecule has 2 aromatic rings. The number of methoxy groups -OCH3 is 1. The van der Waals surface area contributed by atoms with E-state index in [1.165, 1.54) is 0 Å². The number of carbonyl (C=O) groups excluding carboxylic acids is 1. The van der Waals surface area contributed by atoms with Gasteiger partial charge in [0.2, 0.25) is 0 Å². The molecule has 2 rings (SSSR count). The maximum atomic E-state index is 11.0. The number of carbonyl (C=O) groups is 1. The lowest BCUT2D eigenvalue weighted by molar-refractivity contribution is -0.255. The van der Waals surface area contributed by atoms with Crippen molar-refractivity contribution in [2.75, 3.05) is 7.11 Å². The van der Waals surface area contributed by atoms with Crippen LogP contribution in [0, 0.1) is 13.8 Å². The number of aromatic nitrogens is 1. The third kappa shape index (κ3) is 1.86. The summed E-state index contributed by atoms with van der Waals surface area (Å²) in [5.41, 5.74) is 2.49. The highest BCUT2D eigenvalue weighted by Gasteiger charge is 2.13. The first-order valence-electron chi connectivity index (χ1n) is 5.60. The minimum absolute atomic E-state index is 0.207. The molecule has 0 bridgehead atoms. The lowest BCUT2D eigenvalue weighted by atomic mass is 10.2. The van der Waals surface area contributed by atoms with Gasteiger partial charge >= 0.3 is 0 Å². The Morgan fingerprint density at radius 1 is 1.28 bits per heavy atom. The Morgan fingerprint density at radius 3 is 2.50 bits per heavy atom. The number of rotatable bonds is 3. The van der Waals surface area contributed by atoms with Gasteiger partial charge in [0.15, 0.2) is 0 Å². The van der Waals surface area contributed by atoms with E-state index < -0.39 is 5.97 Å². The third-order valence-electron chi connectivity index (χ3n) is 2.98. The maximum absolute atomic E-state index is 11.0. The molecule has 0 saturated heterocycles. The molecule has 1 aromatic heterocycles. The quantitative estimate of drug-likeness (QED) is 0.821. The van der Waals surface area contributed by atoms with Crippen LogP contribution in [0.5, 0.6) is 5.75 Å². The molecule has 0 spiro atoms. The van der Waals surface area contributed by atoms with Crippen molar-refractivity contribution in [2.45, 2.75) is 13.8 Å². The SMILES string of the molecule is COc1ccccc1-n1c(C)cc(C(=O)[O-])c1C. The van der Waals surface area contributed by atoms with E-state index in [-0.39, 0.29) is 5.56 Å². The van der Waals surface area contributed by atoms with E-state index in [2.05, 4.69) is 0 Å². The third-order valence-corrected chi connectivity index (χ3v) is 2.98. The van der Waals surface area contributed by atoms with E-state index in [4.69, 9.17) is 4.74 Å². The van der Waals surface area contributed by atoms with Crippen LogP contribution in [0.1, 0.15) is 21.7 Å². The van der Waals surface area contributed by atoms with E-state index in [9.17, 15) is 9.90 Å². The monoisotopic (exact) mass is 244 g/mol. The molecular weight excluding hydrogens is 230 g/mol. The zero-order valence-electron chi connectivity index (χ0n) is 10.6. The number of nitrogens with zero attached hydrogens (tertiary/aromatic N) is 1. The Morgan fingerprint density at radius 2 is 1.94 bits per heavy atom. The first kappa shape index (κ1) is 12.2. The van der Waals surface area contributed by atoms with Gasteiger partial charge < -0.3 is 19.2 Å². The largest absolute Gasteiger partial charge is 0.545 e. The van der Waals surface area contributed by atoms with Crippen LogP contribution in [0.15, 0.2) is 30.3 Å². The van der Waals surface area contributed by atoms with Gasteiger partial charge in [-0.1, -0.05) is 12.1 Å². The molecule has 18 heavy (non-hydrogen) atoms. The van der Waals surface area contributed by atoms with Gasteiger partial charge in [-0.25, -0.2) is 0 Å². The minimum atomic E-state index is -1.16. The van der Waals surface area contributed by atoms with E-state index in [0.29, 0.717) is 11.4 Å². The van der Waals surface area contributed by atoms with Gasteiger partial charge in [0.1, 0.15) is 5.75 Å². The van der Waals surface area contributed by atoms with Gasteiger partial charge in [0.05, 0.1) is 18.8 Å². The van der Waals surface area contributed by atoms with Gasteiger partial charge in [-0.15, -0.1) is 0 Å². The van der Waals surface area contributed by atoms with Gasteiger partial charge in [0, 0.05) is 17.0 Å². The molecule has 94 valence electrons. The zero-order chi connectivity index (χ0) is 13.3. The summed E-state index contributed by atoms with van der Waals surface area (Å²) in [7, 11) is 1.59. The van der Waals surface area contributed by atoms with Crippen molar-refractivity contribution in [1.82, 2.24) is 4.57 Å². The van der Waals surface area contributed by atoms with Crippen molar-refractivity contribution >= 4 is 5.97 Å². The number of para-hydroxylation sites is 2. The number of hydrogen-bond donors (Lipinski definition) is 0. The molecule has 1 heterocycles. The number of carboxylic acids is 1. The van der Waals surface area contributed by atoms with E-state index in [1.54, 1.807) is 20.1 Å². The first-order chi connectivity index (χ1) is 8.56. The summed E-state index contributed by atoms with van der Waals surface area (Å²) in [6.45, 7) is 3.61. The zero-order valence-corrected chi connectivity index (χ0v) is 10.6. The molecular formula is C14H14NO3-. The summed E-state index contributed by atoms with van der Waals surface area (Å²) < 4.78 is 7.15. The fourth-order valence-corrected chi connectivity index (χ4v) is 2.15. The summed E-state index contributed by atoms with van der Waals surface area (Å²) in [6.07, 6.45) is 0. The Balaban J connectivity index is 2.68. The molecule has 4 heteroatoms. The highest BCUT2D eigenvalue weighted by molar-refractivity contribution is 5.88. The van der Waals surface area contributed by atoms with Crippen molar-refractivity contribution in [1.29, 1.82) is 0 Å². The van der Waals surface area contributed by atoms with Crippen LogP contribution in [-0.2, 0) is 0 Å². The highest BCUT2D eigenvalue weighted by atomic mass is 16.5. The van der Waals surface area contributed by atoms with E-state index in [1.807, 2.05) is 35.8 Å². The molecule has 0 aliphatic rings. The maximum Gasteiger partial charge on any atom is 0.142 e. The second-order valence-electron chi connectivity index (χ2n) is 4.08. The van der Waals surface area contributed by atoms with Crippen molar-refractivity contribution in [3.8, 4) is 11.4 Å². The van der Waals surface area contributed by atoms with Crippen LogP contribution in [0.25, 0.3) is 5.69 Å². The molecule has 4 nitrogen and oxygen atoms in total. The number of aryl methyl sites for hydroxylation is 1. The van der Waals surface area contributed by atoms with E-state index >= 15 is 0 Å². The molecule has 0 saturated carbocycles. The normalized spacial score (nSPS) is 10.4. The Kier molecular flexibility index (Phi) is 3.10. The minimum Gasteiger partial charge on any atom is -0.545 e. The van der Waals surface area contributed by atoms with Crippen molar-refractivity contribution in [3.63, 3.8) is 0 Å². The second-order valence-corrected chi connectivity index (χ2v) is 4.08. The van der Waals surface area contributed by atoms with Gasteiger partial charge in [-0.3, -0.25) is 0 Å². The molecule has 0 unspecified atom stereocenters. The molecule has 0 atom stereocenters. The number of hydrogen-bond acceptors (Lipinski definition) is 3. The van der Waals surface area contributed by atoms with Crippen LogP contribution in [-0.4, -0.2) is 17.6 Å².